The molecular weight excluding hydrogens is 369 g/mol. The average Bonchev–Trinajstić information content (AvgIpc) is 2.87. The Morgan fingerprint density at radius 1 is 1.54 bits per heavy atom. The third-order valence-electron chi connectivity index (χ3n) is 3.61. The smallest absolute Gasteiger partial charge is 0.245 e. The van der Waals surface area contributed by atoms with Crippen LogP contribution in [0.2, 0.25) is 5.02 Å². The van der Waals surface area contributed by atoms with Gasteiger partial charge in [-0.1, -0.05) is 23.7 Å². The molecule has 0 saturated carbocycles. The van der Waals surface area contributed by atoms with Crippen molar-refractivity contribution in [2.24, 2.45) is 0 Å². The molecule has 1 atom stereocenters. The van der Waals surface area contributed by atoms with Crippen LogP contribution < -0.4 is 10.6 Å². The monoisotopic (exact) mass is 387 g/mol. The van der Waals surface area contributed by atoms with Crippen LogP contribution in [-0.2, 0) is 16.0 Å². The van der Waals surface area contributed by atoms with Gasteiger partial charge in [0.05, 0.1) is 18.9 Å². The Morgan fingerprint density at radius 2 is 2.38 bits per heavy atom. The van der Waals surface area contributed by atoms with Gasteiger partial charge in [-0.15, -0.1) is 23.7 Å². The normalized spacial score (nSPS) is 17.2. The number of carbonyl (C=O) groups excluding carboxylic acids is 1. The minimum atomic E-state index is -0.315. The molecule has 1 fully saturated rings. The molecule has 3 rings (SSSR count). The molecule has 2 heterocycles. The molecule has 1 saturated heterocycles. The molecule has 2 N–H and O–H groups in total. The third-order valence-corrected chi connectivity index (χ3v) is 4.92. The molecule has 1 unspecified atom stereocenters. The van der Waals surface area contributed by atoms with Gasteiger partial charge in [0.15, 0.2) is 5.13 Å². The van der Waals surface area contributed by atoms with E-state index < -0.39 is 0 Å². The van der Waals surface area contributed by atoms with E-state index in [4.69, 9.17) is 16.3 Å². The fraction of sp³-hybridized carbons (Fsp3) is 0.375. The van der Waals surface area contributed by atoms with Crippen molar-refractivity contribution < 1.29 is 9.53 Å². The Morgan fingerprint density at radius 3 is 3.08 bits per heavy atom. The van der Waals surface area contributed by atoms with E-state index in [-0.39, 0.29) is 24.4 Å². The van der Waals surface area contributed by atoms with Gasteiger partial charge in [0.25, 0.3) is 0 Å². The van der Waals surface area contributed by atoms with Crippen LogP contribution in [0, 0.1) is 6.92 Å². The van der Waals surface area contributed by atoms with Crippen LogP contribution in [-0.4, -0.2) is 36.7 Å². The number of thiazole rings is 1. The average molecular weight is 388 g/mol. The standard InChI is InChI=1S/C16H18ClN3O2S.ClH/c1-10-14(8-11-3-2-4-12(17)7-11)23-16(19-10)20-15(21)13-9-22-6-5-18-13;/h2-4,7,13,18H,5-6,8-9H2,1H3,(H,19,20,21);1H. The van der Waals surface area contributed by atoms with Crippen LogP contribution in [0.15, 0.2) is 24.3 Å². The van der Waals surface area contributed by atoms with Crippen LogP contribution in [0.25, 0.3) is 0 Å². The highest BCUT2D eigenvalue weighted by Gasteiger charge is 2.22. The fourth-order valence-corrected chi connectivity index (χ4v) is 3.62. The number of hydrogen-bond donors (Lipinski definition) is 2. The molecule has 0 aliphatic carbocycles. The van der Waals surface area contributed by atoms with Crippen LogP contribution in [0.3, 0.4) is 0 Å². The molecule has 0 radical (unpaired) electrons. The van der Waals surface area contributed by atoms with E-state index in [2.05, 4.69) is 15.6 Å². The fourth-order valence-electron chi connectivity index (χ4n) is 2.40. The van der Waals surface area contributed by atoms with Gasteiger partial charge in [-0.3, -0.25) is 4.79 Å². The van der Waals surface area contributed by atoms with Crippen molar-refractivity contribution in [2.75, 3.05) is 25.1 Å². The van der Waals surface area contributed by atoms with E-state index in [0.717, 1.165) is 27.6 Å². The number of aryl methyl sites for hydroxylation is 1. The first-order valence-corrected chi connectivity index (χ1v) is 8.64. The second kappa shape index (κ2) is 8.78. The number of rotatable bonds is 4. The van der Waals surface area contributed by atoms with Gasteiger partial charge >= 0.3 is 0 Å². The molecule has 1 aromatic heterocycles. The van der Waals surface area contributed by atoms with E-state index in [1.54, 1.807) is 0 Å². The molecule has 24 heavy (non-hydrogen) atoms. The summed E-state index contributed by atoms with van der Waals surface area (Å²) in [5.74, 6) is -0.104. The first-order valence-electron chi connectivity index (χ1n) is 7.44. The van der Waals surface area contributed by atoms with E-state index in [1.165, 1.54) is 11.3 Å². The predicted molar refractivity (Wildman–Crippen MR) is 99.6 cm³/mol. The molecule has 1 aliphatic heterocycles. The number of halogens is 2. The van der Waals surface area contributed by atoms with Gasteiger partial charge in [-0.2, -0.15) is 0 Å². The lowest BCUT2D eigenvalue weighted by Crippen LogP contribution is -2.48. The first-order chi connectivity index (χ1) is 11.1. The summed E-state index contributed by atoms with van der Waals surface area (Å²) in [6.07, 6.45) is 0.755. The number of anilines is 1. The van der Waals surface area contributed by atoms with Gasteiger partial charge in [-0.25, -0.2) is 4.98 Å². The lowest BCUT2D eigenvalue weighted by molar-refractivity contribution is -0.120. The lowest BCUT2D eigenvalue weighted by atomic mass is 10.1. The number of hydrogen-bond acceptors (Lipinski definition) is 5. The summed E-state index contributed by atoms with van der Waals surface area (Å²) in [5.41, 5.74) is 2.06. The van der Waals surface area contributed by atoms with Crippen LogP contribution >= 0.6 is 35.3 Å². The zero-order chi connectivity index (χ0) is 16.2. The Bertz CT molecular complexity index is 702. The zero-order valence-electron chi connectivity index (χ0n) is 13.2. The van der Waals surface area contributed by atoms with Crippen molar-refractivity contribution in [3.8, 4) is 0 Å². The lowest BCUT2D eigenvalue weighted by Gasteiger charge is -2.22. The largest absolute Gasteiger partial charge is 0.378 e. The number of ether oxygens (including phenoxy) is 1. The van der Waals surface area contributed by atoms with Crippen molar-refractivity contribution in [3.05, 3.63) is 45.4 Å². The van der Waals surface area contributed by atoms with Crippen LogP contribution in [0.4, 0.5) is 5.13 Å². The maximum atomic E-state index is 12.2. The minimum absolute atomic E-state index is 0. The van der Waals surface area contributed by atoms with Crippen molar-refractivity contribution in [3.63, 3.8) is 0 Å². The predicted octanol–water partition coefficient (Wildman–Crippen LogP) is 3.04. The Balaban J connectivity index is 0.00000208. The van der Waals surface area contributed by atoms with E-state index in [0.29, 0.717) is 24.9 Å². The molecule has 0 spiro atoms. The molecule has 1 aromatic carbocycles. The zero-order valence-corrected chi connectivity index (χ0v) is 15.6. The molecule has 2 aromatic rings. The second-order valence-corrected chi connectivity index (χ2v) is 6.93. The van der Waals surface area contributed by atoms with Gasteiger partial charge < -0.3 is 15.4 Å². The number of benzene rings is 1. The first kappa shape index (κ1) is 19.1. The molecule has 1 amide bonds. The van der Waals surface area contributed by atoms with E-state index in [9.17, 15) is 4.79 Å². The topological polar surface area (TPSA) is 63.2 Å². The van der Waals surface area contributed by atoms with Gasteiger partial charge in [0.2, 0.25) is 5.91 Å². The van der Waals surface area contributed by atoms with Gasteiger partial charge in [0, 0.05) is 22.9 Å². The van der Waals surface area contributed by atoms with Crippen molar-refractivity contribution >= 4 is 46.4 Å². The Hall–Kier alpha value is -1.18. The third kappa shape index (κ3) is 4.91. The molecule has 0 bridgehead atoms. The highest BCUT2D eigenvalue weighted by molar-refractivity contribution is 7.15. The molecular formula is C16H19Cl2N3O2S. The number of nitrogens with one attached hydrogen (secondary N) is 2. The maximum Gasteiger partial charge on any atom is 0.245 e. The van der Waals surface area contributed by atoms with Crippen LogP contribution in [0.5, 0.6) is 0 Å². The summed E-state index contributed by atoms with van der Waals surface area (Å²) in [6, 6.07) is 7.46. The number of nitrogens with zero attached hydrogens (tertiary/aromatic N) is 1. The maximum absolute atomic E-state index is 12.2. The summed E-state index contributed by atoms with van der Waals surface area (Å²) < 4.78 is 5.31. The van der Waals surface area contributed by atoms with E-state index >= 15 is 0 Å². The molecule has 8 heteroatoms. The summed E-state index contributed by atoms with van der Waals surface area (Å²) in [5, 5.41) is 7.35. The van der Waals surface area contributed by atoms with E-state index in [1.807, 2.05) is 31.2 Å². The van der Waals surface area contributed by atoms with Crippen molar-refractivity contribution in [1.82, 2.24) is 10.3 Å². The number of morpholine rings is 1. The summed E-state index contributed by atoms with van der Waals surface area (Å²) in [4.78, 5) is 17.8. The Labute approximate surface area is 156 Å². The Kier molecular flexibility index (Phi) is 7.01. The van der Waals surface area contributed by atoms with Crippen LogP contribution in [0.1, 0.15) is 16.1 Å². The number of carbonyl (C=O) groups is 1. The highest BCUT2D eigenvalue weighted by atomic mass is 35.5. The number of aromatic nitrogens is 1. The molecule has 5 nitrogen and oxygen atoms in total. The van der Waals surface area contributed by atoms with Gasteiger partial charge in [-0.05, 0) is 24.6 Å². The number of amides is 1. The molecule has 130 valence electrons. The molecule has 1 aliphatic rings. The summed E-state index contributed by atoms with van der Waals surface area (Å²) >= 11 is 7.52. The quantitative estimate of drug-likeness (QED) is 0.845. The van der Waals surface area contributed by atoms with Crippen molar-refractivity contribution in [1.29, 1.82) is 0 Å². The highest BCUT2D eigenvalue weighted by Crippen LogP contribution is 2.26. The SMILES string of the molecule is Cc1nc(NC(=O)C2COCCN2)sc1Cc1cccc(Cl)c1.Cl. The van der Waals surface area contributed by atoms with Crippen molar-refractivity contribution in [2.45, 2.75) is 19.4 Å². The summed E-state index contributed by atoms with van der Waals surface area (Å²) in [6.45, 7) is 3.68. The second-order valence-electron chi connectivity index (χ2n) is 5.41. The van der Waals surface area contributed by atoms with Gasteiger partial charge in [0.1, 0.15) is 6.04 Å². The summed E-state index contributed by atoms with van der Waals surface area (Å²) in [7, 11) is 0. The minimum Gasteiger partial charge on any atom is -0.378 e.